The van der Waals surface area contributed by atoms with Gasteiger partial charge in [-0.1, -0.05) is 6.92 Å². The molecule has 0 aromatic rings. The average molecular weight is 307 g/mol. The molecule has 0 aromatic heterocycles. The number of hydrogen-bond donors (Lipinski definition) is 3. The van der Waals surface area contributed by atoms with Crippen LogP contribution in [0.1, 0.15) is 19.8 Å². The van der Waals surface area contributed by atoms with E-state index >= 15 is 0 Å². The topological polar surface area (TPSA) is 104 Å². The molecule has 1 rings (SSSR count). The molecule has 2 atom stereocenters. The summed E-state index contributed by atoms with van der Waals surface area (Å²) in [6.45, 7) is 1.61. The zero-order valence-electron chi connectivity index (χ0n) is 10.2. The van der Waals surface area contributed by atoms with Crippen LogP contribution in [0.5, 0.6) is 0 Å². The maximum atomic E-state index is 11.5. The second-order valence-electron chi connectivity index (χ2n) is 3.56. The van der Waals surface area contributed by atoms with E-state index in [9.17, 15) is 19.5 Å². The number of carboxylic acid groups (broad SMARTS) is 1. The van der Waals surface area contributed by atoms with Gasteiger partial charge in [0.2, 0.25) is 5.91 Å². The van der Waals surface area contributed by atoms with E-state index in [0.29, 0.717) is 0 Å². The summed E-state index contributed by atoms with van der Waals surface area (Å²) in [5.74, 6) is -3.44. The number of Topliss-reactive ketones (excluding diaryl/α,β-unsaturated/α-hetero) is 1. The largest absolute Gasteiger partial charge is 2.00 e. The summed E-state index contributed by atoms with van der Waals surface area (Å²) in [5, 5.41) is 20.5. The number of ketones is 1. The SMILES string of the molecule is CCC(=O)NC1C(=O)CC(C(=O)O)C=C1O.[Ca+2].[Ca+2]. The fourth-order valence-corrected chi connectivity index (χ4v) is 1.44. The number of aliphatic carboxylic acids is 1. The van der Waals surface area contributed by atoms with Crippen molar-refractivity contribution in [3.8, 4) is 0 Å². The minimum atomic E-state index is -1.17. The van der Waals surface area contributed by atoms with Crippen molar-refractivity contribution in [1.82, 2.24) is 5.32 Å². The van der Waals surface area contributed by atoms with Gasteiger partial charge in [0, 0.05) is 12.8 Å². The van der Waals surface area contributed by atoms with Gasteiger partial charge in [-0.25, -0.2) is 0 Å². The number of amides is 1. The van der Waals surface area contributed by atoms with Crippen LogP contribution in [0, 0.1) is 5.92 Å². The van der Waals surface area contributed by atoms with Gasteiger partial charge in [-0.05, 0) is 6.08 Å². The summed E-state index contributed by atoms with van der Waals surface area (Å²) >= 11 is 0. The van der Waals surface area contributed by atoms with Gasteiger partial charge in [0.05, 0.1) is 5.92 Å². The molecule has 0 spiro atoms. The quantitative estimate of drug-likeness (QED) is 0.594. The molecular formula is C10H13Ca2NO5+4. The number of carboxylic acids is 1. The van der Waals surface area contributed by atoms with Crippen LogP contribution in [0.15, 0.2) is 11.8 Å². The van der Waals surface area contributed by atoms with Crippen LogP contribution in [0.25, 0.3) is 0 Å². The molecule has 0 bridgehead atoms. The van der Waals surface area contributed by atoms with E-state index in [4.69, 9.17) is 5.11 Å². The molecule has 0 aliphatic heterocycles. The summed E-state index contributed by atoms with van der Waals surface area (Å²) in [5.41, 5.74) is 0. The third kappa shape index (κ3) is 5.75. The molecule has 0 saturated heterocycles. The molecule has 88 valence electrons. The van der Waals surface area contributed by atoms with Gasteiger partial charge in [-0.3, -0.25) is 14.4 Å². The van der Waals surface area contributed by atoms with Crippen molar-refractivity contribution in [1.29, 1.82) is 0 Å². The van der Waals surface area contributed by atoms with Gasteiger partial charge >= 0.3 is 81.4 Å². The van der Waals surface area contributed by atoms with E-state index in [0.717, 1.165) is 6.08 Å². The number of carbonyl (C=O) groups excluding carboxylic acids is 2. The third-order valence-corrected chi connectivity index (χ3v) is 2.35. The first-order chi connectivity index (χ1) is 7.45. The summed E-state index contributed by atoms with van der Waals surface area (Å²) in [7, 11) is 0. The Kier molecular flexibility index (Phi) is 11.1. The zero-order valence-corrected chi connectivity index (χ0v) is 14.6. The summed E-state index contributed by atoms with van der Waals surface area (Å²) < 4.78 is 0. The monoisotopic (exact) mass is 307 g/mol. The fraction of sp³-hybridized carbons (Fsp3) is 0.500. The van der Waals surface area contributed by atoms with Crippen molar-refractivity contribution in [2.75, 3.05) is 0 Å². The van der Waals surface area contributed by atoms with Gasteiger partial charge in [-0.2, -0.15) is 0 Å². The first-order valence-electron chi connectivity index (χ1n) is 4.91. The average Bonchev–Trinajstić information content (AvgIpc) is 2.22. The summed E-state index contributed by atoms with van der Waals surface area (Å²) in [6, 6.07) is -1.09. The Hall–Kier alpha value is 0.669. The second kappa shape index (κ2) is 9.55. The zero-order chi connectivity index (χ0) is 12.3. The van der Waals surface area contributed by atoms with Crippen LogP contribution in [-0.4, -0.2) is 109 Å². The van der Waals surface area contributed by atoms with Crippen molar-refractivity contribution in [3.05, 3.63) is 11.8 Å². The fourth-order valence-electron chi connectivity index (χ4n) is 1.44. The van der Waals surface area contributed by atoms with Gasteiger partial charge in [0.15, 0.2) is 5.78 Å². The van der Waals surface area contributed by atoms with Gasteiger partial charge in [0.1, 0.15) is 11.8 Å². The van der Waals surface area contributed by atoms with E-state index in [1.807, 2.05) is 0 Å². The Bertz CT molecular complexity index is 369. The molecule has 1 aliphatic rings. The molecular weight excluding hydrogens is 294 g/mol. The summed E-state index contributed by atoms with van der Waals surface area (Å²) in [6.07, 6.45) is 1.07. The Morgan fingerprint density at radius 2 is 2.00 bits per heavy atom. The van der Waals surface area contributed by atoms with E-state index in [1.54, 1.807) is 6.92 Å². The number of aliphatic hydroxyl groups excluding tert-OH is 1. The number of aliphatic hydroxyl groups is 1. The molecule has 0 radical (unpaired) electrons. The van der Waals surface area contributed by atoms with Crippen molar-refractivity contribution in [2.45, 2.75) is 25.8 Å². The molecule has 3 N–H and O–H groups in total. The van der Waals surface area contributed by atoms with E-state index < -0.39 is 29.5 Å². The normalized spacial score (nSPS) is 22.1. The summed E-state index contributed by atoms with van der Waals surface area (Å²) in [4.78, 5) is 33.2. The Balaban J connectivity index is 0. The van der Waals surface area contributed by atoms with Crippen molar-refractivity contribution >= 4 is 93.1 Å². The van der Waals surface area contributed by atoms with Gasteiger partial charge < -0.3 is 15.5 Å². The van der Waals surface area contributed by atoms with Gasteiger partial charge in [-0.15, -0.1) is 0 Å². The van der Waals surface area contributed by atoms with Crippen LogP contribution in [0.3, 0.4) is 0 Å². The van der Waals surface area contributed by atoms with E-state index in [-0.39, 0.29) is 94.2 Å². The van der Waals surface area contributed by atoms with Gasteiger partial charge in [0.25, 0.3) is 0 Å². The van der Waals surface area contributed by atoms with Crippen LogP contribution < -0.4 is 5.32 Å². The predicted octanol–water partition coefficient (Wildman–Crippen LogP) is -0.765. The first-order valence-corrected chi connectivity index (χ1v) is 4.91. The number of rotatable bonds is 3. The molecule has 0 aromatic carbocycles. The second-order valence-corrected chi connectivity index (χ2v) is 3.56. The third-order valence-electron chi connectivity index (χ3n) is 2.35. The molecule has 1 amide bonds. The van der Waals surface area contributed by atoms with E-state index in [1.165, 1.54) is 0 Å². The molecule has 0 heterocycles. The number of carbonyl (C=O) groups is 3. The predicted molar refractivity (Wildman–Crippen MR) is 65.2 cm³/mol. The Labute approximate surface area is 164 Å². The van der Waals surface area contributed by atoms with Crippen molar-refractivity contribution in [3.63, 3.8) is 0 Å². The van der Waals surface area contributed by atoms with E-state index in [2.05, 4.69) is 5.32 Å². The van der Waals surface area contributed by atoms with Crippen LogP contribution in [0.2, 0.25) is 0 Å². The smallest absolute Gasteiger partial charge is 0.510 e. The standard InChI is InChI=1S/C10H13NO5.2Ca/c1-2-8(14)11-9-6(12)3-5(10(15)16)4-7(9)13;;/h3,5,9,12H,2,4H2,1H3,(H,11,14)(H,15,16);;/q;2*+2. The molecule has 0 fully saturated rings. The Morgan fingerprint density at radius 1 is 1.44 bits per heavy atom. The number of hydrogen-bond acceptors (Lipinski definition) is 4. The maximum Gasteiger partial charge on any atom is 2.00 e. The molecule has 8 heteroatoms. The van der Waals surface area contributed by atoms with Crippen LogP contribution in [0.4, 0.5) is 0 Å². The minimum Gasteiger partial charge on any atom is -0.510 e. The Morgan fingerprint density at radius 3 is 2.39 bits per heavy atom. The molecule has 18 heavy (non-hydrogen) atoms. The number of nitrogens with one attached hydrogen (secondary N) is 1. The van der Waals surface area contributed by atoms with Crippen LogP contribution >= 0.6 is 0 Å². The molecule has 2 unspecified atom stereocenters. The van der Waals surface area contributed by atoms with Crippen molar-refractivity contribution in [2.24, 2.45) is 5.92 Å². The maximum absolute atomic E-state index is 11.5. The molecule has 1 aliphatic carbocycles. The van der Waals surface area contributed by atoms with Crippen molar-refractivity contribution < 1.29 is 24.6 Å². The molecule has 0 saturated carbocycles. The molecule has 6 nitrogen and oxygen atoms in total. The minimum absolute atomic E-state index is 0. The van der Waals surface area contributed by atoms with Crippen LogP contribution in [-0.2, 0) is 14.4 Å². The first kappa shape index (κ1) is 21.0.